The molecule has 0 aromatic heterocycles. The van der Waals surface area contributed by atoms with E-state index in [0.717, 1.165) is 11.1 Å². The number of carbonyl (C=O) groups excluding carboxylic acids is 1. The fourth-order valence-electron chi connectivity index (χ4n) is 2.71. The molecule has 1 atom stereocenters. The normalized spacial score (nSPS) is 13.0. The van der Waals surface area contributed by atoms with Crippen LogP contribution in [0.15, 0.2) is 78.9 Å². The Labute approximate surface area is 152 Å². The van der Waals surface area contributed by atoms with E-state index in [1.807, 2.05) is 42.5 Å². The third-order valence-corrected chi connectivity index (χ3v) is 4.31. The molecule has 0 aliphatic carbocycles. The van der Waals surface area contributed by atoms with Crippen molar-refractivity contribution in [3.8, 4) is 11.1 Å². The van der Waals surface area contributed by atoms with Gasteiger partial charge in [-0.1, -0.05) is 54.6 Å². The van der Waals surface area contributed by atoms with Gasteiger partial charge in [0, 0.05) is 5.56 Å². The number of nitrogens with one attached hydrogen (secondary N) is 1. The van der Waals surface area contributed by atoms with Crippen LogP contribution >= 0.6 is 0 Å². The van der Waals surface area contributed by atoms with Crippen LogP contribution < -0.4 is 5.32 Å². The van der Waals surface area contributed by atoms with Crippen LogP contribution in [0, 0.1) is 5.82 Å². The molecule has 2 N–H and O–H groups in total. The summed E-state index contributed by atoms with van der Waals surface area (Å²) in [5.74, 6) is -0.640. The number of rotatable bonds is 5. The molecule has 1 unspecified atom stereocenters. The smallest absolute Gasteiger partial charge is 0.251 e. The van der Waals surface area contributed by atoms with E-state index >= 15 is 0 Å². The zero-order valence-corrected chi connectivity index (χ0v) is 14.4. The fraction of sp³-hybridized carbons (Fsp3) is 0.136. The Hall–Kier alpha value is -2.98. The minimum atomic E-state index is -1.28. The molecule has 0 aliphatic rings. The van der Waals surface area contributed by atoms with Crippen molar-refractivity contribution < 1.29 is 14.3 Å². The Morgan fingerprint density at radius 3 is 2.12 bits per heavy atom. The molecule has 3 aromatic carbocycles. The zero-order chi connectivity index (χ0) is 18.6. The molecule has 3 aromatic rings. The number of amides is 1. The van der Waals surface area contributed by atoms with Gasteiger partial charge in [0.05, 0.1) is 6.54 Å². The average Bonchev–Trinajstić information content (AvgIpc) is 2.67. The molecule has 0 saturated carbocycles. The molecule has 0 heterocycles. The van der Waals surface area contributed by atoms with Crippen molar-refractivity contribution in [2.24, 2.45) is 0 Å². The molecule has 132 valence electrons. The maximum atomic E-state index is 13.0. The van der Waals surface area contributed by atoms with Gasteiger partial charge in [-0.25, -0.2) is 4.39 Å². The number of halogens is 1. The van der Waals surface area contributed by atoms with Crippen molar-refractivity contribution >= 4 is 5.91 Å². The molecular formula is C22H20FNO2. The first-order chi connectivity index (χ1) is 12.5. The zero-order valence-electron chi connectivity index (χ0n) is 14.4. The summed E-state index contributed by atoms with van der Waals surface area (Å²) in [5.41, 5.74) is 1.88. The molecule has 0 saturated heterocycles. The summed E-state index contributed by atoms with van der Waals surface area (Å²) in [6.45, 7) is 1.61. The topological polar surface area (TPSA) is 49.3 Å². The van der Waals surface area contributed by atoms with Crippen LogP contribution in [0.5, 0.6) is 0 Å². The minimum Gasteiger partial charge on any atom is -0.384 e. The van der Waals surface area contributed by atoms with Gasteiger partial charge in [-0.05, 0) is 47.9 Å². The van der Waals surface area contributed by atoms with Gasteiger partial charge < -0.3 is 10.4 Å². The minimum absolute atomic E-state index is 0.0257. The van der Waals surface area contributed by atoms with Crippen molar-refractivity contribution in [3.05, 3.63) is 95.8 Å². The average molecular weight is 349 g/mol. The molecule has 3 nitrogen and oxygen atoms in total. The predicted octanol–water partition coefficient (Wildman–Crippen LogP) is 4.13. The second-order valence-corrected chi connectivity index (χ2v) is 6.41. The molecule has 0 fully saturated rings. The summed E-state index contributed by atoms with van der Waals surface area (Å²) in [4.78, 5) is 12.3. The first kappa shape index (κ1) is 17.8. The number of carbonyl (C=O) groups is 1. The summed E-state index contributed by atoms with van der Waals surface area (Å²) in [6.07, 6.45) is 0. The quantitative estimate of drug-likeness (QED) is 0.728. The van der Waals surface area contributed by atoms with Gasteiger partial charge in [0.25, 0.3) is 5.91 Å². The lowest BCUT2D eigenvalue weighted by Crippen LogP contribution is -2.38. The molecule has 0 aliphatic heterocycles. The highest BCUT2D eigenvalue weighted by molar-refractivity contribution is 5.94. The third-order valence-electron chi connectivity index (χ3n) is 4.31. The highest BCUT2D eigenvalue weighted by atomic mass is 19.1. The van der Waals surface area contributed by atoms with Gasteiger partial charge in [0.2, 0.25) is 0 Å². The molecule has 1 amide bonds. The molecule has 26 heavy (non-hydrogen) atoms. The van der Waals surface area contributed by atoms with Crippen LogP contribution in [-0.2, 0) is 5.60 Å². The number of hydrogen-bond donors (Lipinski definition) is 2. The van der Waals surface area contributed by atoms with Gasteiger partial charge in [-0.3, -0.25) is 4.79 Å². The lowest BCUT2D eigenvalue weighted by molar-refractivity contribution is 0.0526. The molecule has 0 spiro atoms. The van der Waals surface area contributed by atoms with Crippen molar-refractivity contribution in [1.29, 1.82) is 0 Å². The van der Waals surface area contributed by atoms with Crippen molar-refractivity contribution in [2.45, 2.75) is 12.5 Å². The monoisotopic (exact) mass is 349 g/mol. The van der Waals surface area contributed by atoms with Crippen molar-refractivity contribution in [2.75, 3.05) is 6.54 Å². The second kappa shape index (κ2) is 7.50. The maximum absolute atomic E-state index is 13.0. The first-order valence-electron chi connectivity index (χ1n) is 8.38. The van der Waals surface area contributed by atoms with E-state index < -0.39 is 5.60 Å². The summed E-state index contributed by atoms with van der Waals surface area (Å²) < 4.78 is 13.0. The molecule has 0 bridgehead atoms. The summed E-state index contributed by atoms with van der Waals surface area (Å²) in [6, 6.07) is 22.8. The molecule has 0 radical (unpaired) electrons. The fourth-order valence-corrected chi connectivity index (χ4v) is 2.71. The lowest BCUT2D eigenvalue weighted by atomic mass is 9.96. The van der Waals surface area contributed by atoms with E-state index in [9.17, 15) is 14.3 Å². The molecule has 4 heteroatoms. The SMILES string of the molecule is CC(O)(CNC(=O)c1ccc(-c2ccccc2)cc1)c1ccc(F)cc1. The van der Waals surface area contributed by atoms with Crippen LogP contribution in [0.1, 0.15) is 22.8 Å². The first-order valence-corrected chi connectivity index (χ1v) is 8.38. The highest BCUT2D eigenvalue weighted by Gasteiger charge is 2.24. The second-order valence-electron chi connectivity index (χ2n) is 6.41. The van der Waals surface area contributed by atoms with E-state index in [4.69, 9.17) is 0 Å². The van der Waals surface area contributed by atoms with Crippen LogP contribution in [0.4, 0.5) is 4.39 Å². The standard InChI is InChI=1S/C22H20FNO2/c1-22(26,19-11-13-20(23)14-12-19)15-24-21(25)18-9-7-17(8-10-18)16-5-3-2-4-6-16/h2-14,26H,15H2,1H3,(H,24,25). The number of benzene rings is 3. The van der Waals surface area contributed by atoms with Gasteiger partial charge in [-0.15, -0.1) is 0 Å². The largest absolute Gasteiger partial charge is 0.384 e. The molecular weight excluding hydrogens is 329 g/mol. The third kappa shape index (κ3) is 4.16. The Morgan fingerprint density at radius 2 is 1.50 bits per heavy atom. The van der Waals surface area contributed by atoms with Crippen LogP contribution in [0.2, 0.25) is 0 Å². The van der Waals surface area contributed by atoms with Gasteiger partial charge in [0.1, 0.15) is 11.4 Å². The Balaban J connectivity index is 1.65. The van der Waals surface area contributed by atoms with Gasteiger partial charge in [-0.2, -0.15) is 0 Å². The Bertz CT molecular complexity index is 872. The van der Waals surface area contributed by atoms with E-state index in [2.05, 4.69) is 5.32 Å². The summed E-state index contributed by atoms with van der Waals surface area (Å²) in [5, 5.41) is 13.3. The van der Waals surface area contributed by atoms with Crippen LogP contribution in [0.25, 0.3) is 11.1 Å². The number of hydrogen-bond acceptors (Lipinski definition) is 2. The number of aliphatic hydroxyl groups is 1. The summed E-state index contributed by atoms with van der Waals surface area (Å²) in [7, 11) is 0. The predicted molar refractivity (Wildman–Crippen MR) is 100 cm³/mol. The van der Waals surface area contributed by atoms with E-state index in [1.54, 1.807) is 19.1 Å². The summed E-state index contributed by atoms with van der Waals surface area (Å²) >= 11 is 0. The van der Waals surface area contributed by atoms with Gasteiger partial charge in [0.15, 0.2) is 0 Å². The van der Waals surface area contributed by atoms with Crippen molar-refractivity contribution in [3.63, 3.8) is 0 Å². The Kier molecular flexibility index (Phi) is 5.14. The molecule has 3 rings (SSSR count). The van der Waals surface area contributed by atoms with E-state index in [0.29, 0.717) is 11.1 Å². The van der Waals surface area contributed by atoms with E-state index in [-0.39, 0.29) is 18.3 Å². The van der Waals surface area contributed by atoms with E-state index in [1.165, 1.54) is 24.3 Å². The lowest BCUT2D eigenvalue weighted by Gasteiger charge is -2.24. The van der Waals surface area contributed by atoms with Crippen molar-refractivity contribution in [1.82, 2.24) is 5.32 Å². The highest BCUT2D eigenvalue weighted by Crippen LogP contribution is 2.21. The van der Waals surface area contributed by atoms with Gasteiger partial charge >= 0.3 is 0 Å². The maximum Gasteiger partial charge on any atom is 0.251 e. The Morgan fingerprint density at radius 1 is 0.923 bits per heavy atom. The van der Waals surface area contributed by atoms with Crippen LogP contribution in [-0.4, -0.2) is 17.6 Å². The van der Waals surface area contributed by atoms with Crippen LogP contribution in [0.3, 0.4) is 0 Å².